The van der Waals surface area contributed by atoms with Crippen molar-refractivity contribution in [1.29, 1.82) is 5.41 Å². The van der Waals surface area contributed by atoms with E-state index in [0.717, 1.165) is 5.56 Å². The van der Waals surface area contributed by atoms with Gasteiger partial charge >= 0.3 is 5.97 Å². The fourth-order valence-electron chi connectivity index (χ4n) is 1.41. The zero-order valence-electron chi connectivity index (χ0n) is 13.2. The van der Waals surface area contributed by atoms with Crippen LogP contribution in [0, 0.1) is 5.41 Å². The van der Waals surface area contributed by atoms with Gasteiger partial charge in [-0.15, -0.1) is 0 Å². The highest BCUT2D eigenvalue weighted by molar-refractivity contribution is 6.01. The molecule has 0 radical (unpaired) electrons. The van der Waals surface area contributed by atoms with Gasteiger partial charge in [0.25, 0.3) is 0 Å². The van der Waals surface area contributed by atoms with Crippen molar-refractivity contribution in [2.45, 2.75) is 47.1 Å². The molecule has 0 aliphatic heterocycles. The standard InChI is InChI=1S/C13H19N3O2.C2H6/c1-9(14)10-5-6-15-7-11(10)16-8-12(17)18-13(2,3)4;1-2/h5-7,14,16H,8H2,1-4H3;1-2H3. The van der Waals surface area contributed by atoms with E-state index < -0.39 is 5.60 Å². The van der Waals surface area contributed by atoms with Crippen LogP contribution in [0.4, 0.5) is 5.69 Å². The van der Waals surface area contributed by atoms with Crippen LogP contribution in [-0.4, -0.2) is 28.8 Å². The van der Waals surface area contributed by atoms with Crippen LogP contribution in [0.25, 0.3) is 0 Å². The second-order valence-corrected chi connectivity index (χ2v) is 4.99. The summed E-state index contributed by atoms with van der Waals surface area (Å²) in [7, 11) is 0. The minimum Gasteiger partial charge on any atom is -0.459 e. The van der Waals surface area contributed by atoms with Crippen molar-refractivity contribution in [3.05, 3.63) is 24.0 Å². The number of anilines is 1. The Bertz CT molecular complexity index is 451. The van der Waals surface area contributed by atoms with E-state index in [1.54, 1.807) is 25.4 Å². The SMILES string of the molecule is CC.CC(=N)c1ccncc1NCC(=O)OC(C)(C)C. The Labute approximate surface area is 121 Å². The zero-order valence-corrected chi connectivity index (χ0v) is 13.2. The summed E-state index contributed by atoms with van der Waals surface area (Å²) in [5, 5.41) is 10.6. The molecule has 0 saturated carbocycles. The van der Waals surface area contributed by atoms with Crippen molar-refractivity contribution >= 4 is 17.4 Å². The molecule has 1 rings (SSSR count). The number of hydrogen-bond acceptors (Lipinski definition) is 5. The summed E-state index contributed by atoms with van der Waals surface area (Å²) >= 11 is 0. The number of ether oxygens (including phenoxy) is 1. The summed E-state index contributed by atoms with van der Waals surface area (Å²) in [6, 6.07) is 1.74. The van der Waals surface area contributed by atoms with E-state index in [1.165, 1.54) is 0 Å². The summed E-state index contributed by atoms with van der Waals surface area (Å²) in [4.78, 5) is 15.5. The average molecular weight is 279 g/mol. The van der Waals surface area contributed by atoms with E-state index >= 15 is 0 Å². The van der Waals surface area contributed by atoms with Gasteiger partial charge < -0.3 is 15.5 Å². The topological polar surface area (TPSA) is 75.1 Å². The highest BCUT2D eigenvalue weighted by atomic mass is 16.6. The Morgan fingerprint density at radius 3 is 2.50 bits per heavy atom. The molecular formula is C15H25N3O2. The summed E-state index contributed by atoms with van der Waals surface area (Å²) in [6.07, 6.45) is 3.21. The van der Waals surface area contributed by atoms with Gasteiger partial charge in [0, 0.05) is 17.5 Å². The van der Waals surface area contributed by atoms with Crippen LogP contribution in [0.15, 0.2) is 18.5 Å². The summed E-state index contributed by atoms with van der Waals surface area (Å²) < 4.78 is 5.18. The average Bonchev–Trinajstić information content (AvgIpc) is 2.37. The fourth-order valence-corrected chi connectivity index (χ4v) is 1.41. The Balaban J connectivity index is 0.00000172. The first-order chi connectivity index (χ1) is 9.29. The summed E-state index contributed by atoms with van der Waals surface area (Å²) in [6.45, 7) is 11.2. The van der Waals surface area contributed by atoms with Gasteiger partial charge in [-0.05, 0) is 33.8 Å². The van der Waals surface area contributed by atoms with Gasteiger partial charge in [-0.2, -0.15) is 0 Å². The van der Waals surface area contributed by atoms with Crippen LogP contribution in [0.5, 0.6) is 0 Å². The number of nitrogens with zero attached hydrogens (tertiary/aromatic N) is 1. The van der Waals surface area contributed by atoms with Gasteiger partial charge in [0.1, 0.15) is 12.1 Å². The van der Waals surface area contributed by atoms with Crippen molar-refractivity contribution in [2.24, 2.45) is 0 Å². The molecule has 1 aromatic heterocycles. The molecule has 0 unspecified atom stereocenters. The van der Waals surface area contributed by atoms with Crippen LogP contribution in [0.2, 0.25) is 0 Å². The maximum Gasteiger partial charge on any atom is 0.325 e. The van der Waals surface area contributed by atoms with Gasteiger partial charge in [0.15, 0.2) is 0 Å². The lowest BCUT2D eigenvalue weighted by Gasteiger charge is -2.20. The largest absolute Gasteiger partial charge is 0.459 e. The zero-order chi connectivity index (χ0) is 15.8. The van der Waals surface area contributed by atoms with E-state index in [0.29, 0.717) is 11.4 Å². The van der Waals surface area contributed by atoms with Crippen LogP contribution in [0.1, 0.15) is 47.1 Å². The Kier molecular flexibility index (Phi) is 7.51. The maximum absolute atomic E-state index is 11.6. The monoisotopic (exact) mass is 279 g/mol. The highest BCUT2D eigenvalue weighted by Gasteiger charge is 2.16. The number of hydrogen-bond donors (Lipinski definition) is 2. The third-order valence-electron chi connectivity index (χ3n) is 2.07. The Hall–Kier alpha value is -1.91. The van der Waals surface area contributed by atoms with Crippen LogP contribution < -0.4 is 5.32 Å². The number of carbonyl (C=O) groups is 1. The lowest BCUT2D eigenvalue weighted by molar-refractivity contribution is -0.152. The lowest BCUT2D eigenvalue weighted by atomic mass is 10.1. The van der Waals surface area contributed by atoms with Gasteiger partial charge in [0.05, 0.1) is 11.9 Å². The molecule has 0 atom stereocenters. The minimum absolute atomic E-state index is 0.0588. The molecule has 1 heterocycles. The fraction of sp³-hybridized carbons (Fsp3) is 0.533. The smallest absolute Gasteiger partial charge is 0.325 e. The van der Waals surface area contributed by atoms with E-state index in [4.69, 9.17) is 10.1 Å². The normalized spacial score (nSPS) is 10.1. The Morgan fingerprint density at radius 1 is 1.40 bits per heavy atom. The molecule has 0 aliphatic rings. The first-order valence-electron chi connectivity index (χ1n) is 6.75. The van der Waals surface area contributed by atoms with Gasteiger partial charge in [-0.3, -0.25) is 9.78 Å². The van der Waals surface area contributed by atoms with Crippen molar-refractivity contribution in [3.8, 4) is 0 Å². The quantitative estimate of drug-likeness (QED) is 0.655. The van der Waals surface area contributed by atoms with Crippen LogP contribution in [-0.2, 0) is 9.53 Å². The van der Waals surface area contributed by atoms with Crippen LogP contribution >= 0.6 is 0 Å². The lowest BCUT2D eigenvalue weighted by Crippen LogP contribution is -2.28. The second kappa shape index (κ2) is 8.30. The molecule has 0 saturated heterocycles. The molecule has 20 heavy (non-hydrogen) atoms. The number of rotatable bonds is 4. The molecule has 0 spiro atoms. The molecular weight excluding hydrogens is 254 g/mol. The molecule has 0 aromatic carbocycles. The predicted octanol–water partition coefficient (Wildman–Crippen LogP) is 3.25. The number of pyridine rings is 1. The molecule has 0 fully saturated rings. The van der Waals surface area contributed by atoms with E-state index in [9.17, 15) is 4.79 Å². The third-order valence-corrected chi connectivity index (χ3v) is 2.07. The number of aromatic nitrogens is 1. The molecule has 2 N–H and O–H groups in total. The Morgan fingerprint density at radius 2 is 2.00 bits per heavy atom. The van der Waals surface area contributed by atoms with Crippen LogP contribution in [0.3, 0.4) is 0 Å². The van der Waals surface area contributed by atoms with Gasteiger partial charge in [-0.1, -0.05) is 13.8 Å². The molecule has 0 amide bonds. The van der Waals surface area contributed by atoms with E-state index in [2.05, 4.69) is 10.3 Å². The third kappa shape index (κ3) is 6.87. The molecule has 5 nitrogen and oxygen atoms in total. The van der Waals surface area contributed by atoms with E-state index in [1.807, 2.05) is 34.6 Å². The molecule has 5 heteroatoms. The van der Waals surface area contributed by atoms with Crippen molar-refractivity contribution in [3.63, 3.8) is 0 Å². The molecule has 0 aliphatic carbocycles. The first kappa shape index (κ1) is 18.1. The van der Waals surface area contributed by atoms with Gasteiger partial charge in [0.2, 0.25) is 0 Å². The maximum atomic E-state index is 11.6. The van der Waals surface area contributed by atoms with Gasteiger partial charge in [-0.25, -0.2) is 0 Å². The summed E-state index contributed by atoms with van der Waals surface area (Å²) in [5.41, 5.74) is 1.32. The van der Waals surface area contributed by atoms with Crippen molar-refractivity contribution in [1.82, 2.24) is 4.98 Å². The molecule has 1 aromatic rings. The summed E-state index contributed by atoms with van der Waals surface area (Å²) in [5.74, 6) is -0.333. The molecule has 112 valence electrons. The van der Waals surface area contributed by atoms with Crippen molar-refractivity contribution in [2.75, 3.05) is 11.9 Å². The first-order valence-corrected chi connectivity index (χ1v) is 6.75. The van der Waals surface area contributed by atoms with E-state index in [-0.39, 0.29) is 12.5 Å². The minimum atomic E-state index is -0.492. The number of nitrogens with one attached hydrogen (secondary N) is 2. The predicted molar refractivity (Wildman–Crippen MR) is 82.4 cm³/mol. The highest BCUT2D eigenvalue weighted by Crippen LogP contribution is 2.14. The molecule has 0 bridgehead atoms. The number of carbonyl (C=O) groups excluding carboxylic acids is 1. The second-order valence-electron chi connectivity index (χ2n) is 4.99. The van der Waals surface area contributed by atoms with Crippen molar-refractivity contribution < 1.29 is 9.53 Å². The number of esters is 1.